The minimum absolute atomic E-state index is 0.770. The van der Waals surface area contributed by atoms with E-state index in [-0.39, 0.29) is 0 Å². The van der Waals surface area contributed by atoms with Gasteiger partial charge < -0.3 is 14.2 Å². The maximum atomic E-state index is 5.50. The van der Waals surface area contributed by atoms with Gasteiger partial charge in [0.05, 0.1) is 24.7 Å². The van der Waals surface area contributed by atoms with Crippen LogP contribution in [0.15, 0.2) is 48.5 Å². The van der Waals surface area contributed by atoms with Gasteiger partial charge in [-0.05, 0) is 76.0 Å². The maximum Gasteiger partial charge on any atom is 0.124 e. The molecule has 1 aliphatic heterocycles. The molecule has 2 heterocycles. The Balaban J connectivity index is 1.25. The van der Waals surface area contributed by atoms with Crippen LogP contribution in [0, 0.1) is 5.92 Å². The van der Waals surface area contributed by atoms with Gasteiger partial charge in [0.15, 0.2) is 0 Å². The van der Waals surface area contributed by atoms with E-state index in [4.69, 9.17) is 9.72 Å². The lowest BCUT2D eigenvalue weighted by Crippen LogP contribution is -2.38. The number of imidazole rings is 1. The van der Waals surface area contributed by atoms with Gasteiger partial charge in [0.25, 0.3) is 0 Å². The lowest BCUT2D eigenvalue weighted by Gasteiger charge is -2.34. The van der Waals surface area contributed by atoms with Crippen molar-refractivity contribution < 1.29 is 4.74 Å². The summed E-state index contributed by atoms with van der Waals surface area (Å²) in [5, 5.41) is 0. The Hall–Kier alpha value is -2.37. The summed E-state index contributed by atoms with van der Waals surface area (Å²) in [5.74, 6) is 2.96. The monoisotopic (exact) mass is 420 g/mol. The van der Waals surface area contributed by atoms with Crippen LogP contribution in [0.1, 0.15) is 31.2 Å². The fourth-order valence-electron chi connectivity index (χ4n) is 4.93. The minimum Gasteiger partial charge on any atom is -0.496 e. The molecular formula is C26H36N4O. The van der Waals surface area contributed by atoms with Crippen molar-refractivity contribution in [3.05, 3.63) is 59.9 Å². The summed E-state index contributed by atoms with van der Waals surface area (Å²) in [6, 6.07) is 16.9. The van der Waals surface area contributed by atoms with Crippen LogP contribution in [-0.4, -0.2) is 59.7 Å². The highest BCUT2D eigenvalue weighted by molar-refractivity contribution is 5.75. The van der Waals surface area contributed by atoms with Crippen molar-refractivity contribution in [2.45, 2.75) is 39.3 Å². The summed E-state index contributed by atoms with van der Waals surface area (Å²) in [4.78, 5) is 9.97. The molecule has 1 aliphatic rings. The number of hydrogen-bond acceptors (Lipinski definition) is 4. The Kier molecular flexibility index (Phi) is 7.25. The SMILES string of the molecule is CCn1c(CN(C)CC2CCN(CCc3ccccc3OC)CC2)nc2ccccc21. The molecule has 5 nitrogen and oxygen atoms in total. The second kappa shape index (κ2) is 10.3. The van der Waals surface area contributed by atoms with Crippen LogP contribution in [-0.2, 0) is 19.5 Å². The summed E-state index contributed by atoms with van der Waals surface area (Å²) in [7, 11) is 4.00. The summed E-state index contributed by atoms with van der Waals surface area (Å²) >= 11 is 0. The number of rotatable bonds is 9. The van der Waals surface area contributed by atoms with E-state index in [9.17, 15) is 0 Å². The number of piperidine rings is 1. The second-order valence-electron chi connectivity index (χ2n) is 8.80. The normalized spacial score (nSPS) is 15.7. The number of para-hydroxylation sites is 3. The van der Waals surface area contributed by atoms with Crippen molar-refractivity contribution in [3.63, 3.8) is 0 Å². The fraction of sp³-hybridized carbons (Fsp3) is 0.500. The van der Waals surface area contributed by atoms with Crippen LogP contribution in [0.5, 0.6) is 5.75 Å². The predicted molar refractivity (Wildman–Crippen MR) is 128 cm³/mol. The Bertz CT molecular complexity index is 974. The predicted octanol–water partition coefficient (Wildman–Crippen LogP) is 4.45. The fourth-order valence-corrected chi connectivity index (χ4v) is 4.93. The molecule has 0 bridgehead atoms. The summed E-state index contributed by atoms with van der Waals surface area (Å²) in [6.07, 6.45) is 3.61. The average molecular weight is 421 g/mol. The van der Waals surface area contributed by atoms with E-state index in [1.165, 1.54) is 42.8 Å². The van der Waals surface area contributed by atoms with Crippen molar-refractivity contribution in [3.8, 4) is 5.75 Å². The highest BCUT2D eigenvalue weighted by Gasteiger charge is 2.21. The van der Waals surface area contributed by atoms with Gasteiger partial charge >= 0.3 is 0 Å². The van der Waals surface area contributed by atoms with E-state index < -0.39 is 0 Å². The van der Waals surface area contributed by atoms with Crippen LogP contribution in [0.25, 0.3) is 11.0 Å². The lowest BCUT2D eigenvalue weighted by atomic mass is 9.96. The number of nitrogens with zero attached hydrogens (tertiary/aromatic N) is 4. The summed E-state index contributed by atoms with van der Waals surface area (Å²) < 4.78 is 7.85. The van der Waals surface area contributed by atoms with Gasteiger partial charge in [-0.2, -0.15) is 0 Å². The molecule has 0 unspecified atom stereocenters. The Morgan fingerprint density at radius 1 is 1.06 bits per heavy atom. The first-order valence-corrected chi connectivity index (χ1v) is 11.6. The zero-order valence-corrected chi connectivity index (χ0v) is 19.3. The van der Waals surface area contributed by atoms with E-state index in [1.807, 2.05) is 6.07 Å². The number of benzene rings is 2. The highest BCUT2D eigenvalue weighted by Crippen LogP contribution is 2.22. The molecule has 4 rings (SSSR count). The summed E-state index contributed by atoms with van der Waals surface area (Å²) in [5.41, 5.74) is 3.67. The van der Waals surface area contributed by atoms with Gasteiger partial charge in [-0.15, -0.1) is 0 Å². The van der Waals surface area contributed by atoms with E-state index in [0.717, 1.165) is 49.8 Å². The van der Waals surface area contributed by atoms with Gasteiger partial charge in [0.1, 0.15) is 11.6 Å². The van der Waals surface area contributed by atoms with Crippen molar-refractivity contribution in [2.75, 3.05) is 40.3 Å². The van der Waals surface area contributed by atoms with Crippen molar-refractivity contribution in [1.29, 1.82) is 0 Å². The van der Waals surface area contributed by atoms with Gasteiger partial charge in [-0.1, -0.05) is 30.3 Å². The smallest absolute Gasteiger partial charge is 0.124 e. The van der Waals surface area contributed by atoms with Gasteiger partial charge in [0, 0.05) is 19.6 Å². The van der Waals surface area contributed by atoms with Crippen LogP contribution >= 0.6 is 0 Å². The van der Waals surface area contributed by atoms with Crippen LogP contribution in [0.3, 0.4) is 0 Å². The number of fused-ring (bicyclic) bond motifs is 1. The molecule has 0 spiro atoms. The molecule has 166 valence electrons. The molecule has 31 heavy (non-hydrogen) atoms. The minimum atomic E-state index is 0.770. The first-order valence-electron chi connectivity index (χ1n) is 11.6. The topological polar surface area (TPSA) is 33.5 Å². The molecular weight excluding hydrogens is 384 g/mol. The molecule has 0 amide bonds. The molecule has 0 N–H and O–H groups in total. The number of aryl methyl sites for hydroxylation is 1. The largest absolute Gasteiger partial charge is 0.496 e. The van der Waals surface area contributed by atoms with Crippen LogP contribution < -0.4 is 4.74 Å². The van der Waals surface area contributed by atoms with Crippen molar-refractivity contribution in [2.24, 2.45) is 5.92 Å². The third kappa shape index (κ3) is 5.28. The molecule has 0 aliphatic carbocycles. The molecule has 1 fully saturated rings. The highest BCUT2D eigenvalue weighted by atomic mass is 16.5. The molecule has 0 radical (unpaired) electrons. The number of aromatic nitrogens is 2. The number of methoxy groups -OCH3 is 1. The van der Waals surface area contributed by atoms with Crippen LogP contribution in [0.4, 0.5) is 0 Å². The average Bonchev–Trinajstić information content (AvgIpc) is 3.15. The first-order chi connectivity index (χ1) is 15.2. The Labute approximate surface area is 186 Å². The Morgan fingerprint density at radius 3 is 2.58 bits per heavy atom. The number of likely N-dealkylation sites (tertiary alicyclic amines) is 1. The third-order valence-electron chi connectivity index (χ3n) is 6.63. The lowest BCUT2D eigenvalue weighted by molar-refractivity contribution is 0.151. The van der Waals surface area contributed by atoms with Crippen molar-refractivity contribution >= 4 is 11.0 Å². The third-order valence-corrected chi connectivity index (χ3v) is 6.63. The number of hydrogen-bond donors (Lipinski definition) is 0. The van der Waals surface area contributed by atoms with E-state index in [0.29, 0.717) is 0 Å². The molecule has 3 aromatic rings. The molecule has 0 atom stereocenters. The first kappa shape index (κ1) is 21.8. The second-order valence-corrected chi connectivity index (χ2v) is 8.80. The van der Waals surface area contributed by atoms with E-state index in [1.54, 1.807) is 7.11 Å². The molecule has 5 heteroatoms. The number of ether oxygens (including phenoxy) is 1. The molecule has 1 aromatic heterocycles. The van der Waals surface area contributed by atoms with Gasteiger partial charge in [-0.25, -0.2) is 4.98 Å². The van der Waals surface area contributed by atoms with Gasteiger partial charge in [-0.3, -0.25) is 4.90 Å². The van der Waals surface area contributed by atoms with Crippen molar-refractivity contribution in [1.82, 2.24) is 19.4 Å². The standard InChI is InChI=1S/C26H36N4O/c1-4-30-24-11-7-6-10-23(24)27-26(30)20-28(2)19-21-13-16-29(17-14-21)18-15-22-9-5-8-12-25(22)31-3/h5-12,21H,4,13-20H2,1-3H3. The van der Waals surface area contributed by atoms with Gasteiger partial charge in [0.2, 0.25) is 0 Å². The van der Waals surface area contributed by atoms with E-state index >= 15 is 0 Å². The van der Waals surface area contributed by atoms with E-state index in [2.05, 4.69) is 70.8 Å². The zero-order chi connectivity index (χ0) is 21.6. The maximum absolute atomic E-state index is 5.50. The quantitative estimate of drug-likeness (QED) is 0.512. The zero-order valence-electron chi connectivity index (χ0n) is 19.3. The molecule has 0 saturated carbocycles. The Morgan fingerprint density at radius 2 is 1.81 bits per heavy atom. The summed E-state index contributed by atoms with van der Waals surface area (Å²) in [6.45, 7) is 8.74. The van der Waals surface area contributed by atoms with Crippen LogP contribution in [0.2, 0.25) is 0 Å². The molecule has 1 saturated heterocycles. The molecule has 2 aromatic carbocycles.